The molecule has 0 unspecified atom stereocenters. The molecule has 3 aromatic carbocycles. The molecule has 0 spiro atoms. The van der Waals surface area contributed by atoms with E-state index >= 15 is 0 Å². The highest BCUT2D eigenvalue weighted by Gasteiger charge is 2.14. The summed E-state index contributed by atoms with van der Waals surface area (Å²) in [5.74, 6) is -0.834. The highest BCUT2D eigenvalue weighted by molar-refractivity contribution is 6.06. The molecule has 6 nitrogen and oxygen atoms in total. The first kappa shape index (κ1) is 22.7. The molecule has 0 saturated carbocycles. The average Bonchev–Trinajstić information content (AvgIpc) is 2.83. The summed E-state index contributed by atoms with van der Waals surface area (Å²) in [6.45, 7) is 0.289. The van der Waals surface area contributed by atoms with Crippen molar-refractivity contribution in [3.05, 3.63) is 96.1 Å². The van der Waals surface area contributed by atoms with E-state index in [2.05, 4.69) is 5.32 Å². The van der Waals surface area contributed by atoms with Crippen LogP contribution >= 0.6 is 0 Å². The molecule has 6 heteroatoms. The lowest BCUT2D eigenvalue weighted by Gasteiger charge is -2.17. The summed E-state index contributed by atoms with van der Waals surface area (Å²) in [5.41, 5.74) is 2.96. The molecule has 3 aromatic rings. The van der Waals surface area contributed by atoms with E-state index in [1.807, 2.05) is 60.7 Å². The first-order chi connectivity index (χ1) is 15.5. The van der Waals surface area contributed by atoms with Crippen LogP contribution in [0.4, 0.5) is 11.4 Å². The van der Waals surface area contributed by atoms with Crippen LogP contribution in [0.2, 0.25) is 0 Å². The molecule has 0 bridgehead atoms. The molecule has 164 valence electrons. The minimum absolute atomic E-state index is 0.0130. The number of nitrogens with zero attached hydrogens (tertiary/aromatic N) is 1. The quantitative estimate of drug-likeness (QED) is 0.508. The molecule has 3 rings (SSSR count). The van der Waals surface area contributed by atoms with E-state index in [0.717, 1.165) is 11.3 Å². The van der Waals surface area contributed by atoms with Gasteiger partial charge < -0.3 is 15.0 Å². The number of hydrogen-bond acceptors (Lipinski definition) is 4. The van der Waals surface area contributed by atoms with Crippen molar-refractivity contribution in [1.29, 1.82) is 0 Å². The van der Waals surface area contributed by atoms with Crippen LogP contribution in [-0.2, 0) is 20.7 Å². The van der Waals surface area contributed by atoms with Crippen molar-refractivity contribution >= 4 is 29.2 Å². The van der Waals surface area contributed by atoms with Gasteiger partial charge in [-0.15, -0.1) is 0 Å². The van der Waals surface area contributed by atoms with Gasteiger partial charge in [-0.3, -0.25) is 14.4 Å². The molecule has 0 saturated heterocycles. The summed E-state index contributed by atoms with van der Waals surface area (Å²) in [6.07, 6.45) is 0.684. The Kier molecular flexibility index (Phi) is 8.15. The van der Waals surface area contributed by atoms with E-state index in [-0.39, 0.29) is 31.3 Å². The van der Waals surface area contributed by atoms with E-state index in [9.17, 15) is 14.4 Å². The van der Waals surface area contributed by atoms with Gasteiger partial charge in [-0.1, -0.05) is 48.5 Å². The second-order valence-electron chi connectivity index (χ2n) is 7.28. The maximum atomic E-state index is 12.6. The number of esters is 1. The molecule has 32 heavy (non-hydrogen) atoms. The van der Waals surface area contributed by atoms with Crippen molar-refractivity contribution < 1.29 is 19.1 Å². The molecule has 2 amide bonds. The van der Waals surface area contributed by atoms with Gasteiger partial charge in [-0.25, -0.2) is 0 Å². The van der Waals surface area contributed by atoms with E-state index < -0.39 is 5.97 Å². The topological polar surface area (TPSA) is 75.7 Å². The molecule has 0 heterocycles. The molecule has 0 fully saturated rings. The van der Waals surface area contributed by atoms with Gasteiger partial charge in [0.1, 0.15) is 0 Å². The molecular formula is C26H26N2O4. The number of benzene rings is 3. The lowest BCUT2D eigenvalue weighted by atomic mass is 10.1. The lowest BCUT2D eigenvalue weighted by molar-refractivity contribution is -0.144. The molecule has 0 aromatic heterocycles. The zero-order valence-electron chi connectivity index (χ0n) is 18.0. The van der Waals surface area contributed by atoms with Gasteiger partial charge >= 0.3 is 5.97 Å². The first-order valence-corrected chi connectivity index (χ1v) is 10.5. The molecule has 0 aliphatic carbocycles. The van der Waals surface area contributed by atoms with Crippen molar-refractivity contribution in [1.82, 2.24) is 0 Å². The number of carbonyl (C=O) groups excluding carboxylic acids is 3. The summed E-state index contributed by atoms with van der Waals surface area (Å²) < 4.78 is 5.19. The normalized spacial score (nSPS) is 10.3. The summed E-state index contributed by atoms with van der Waals surface area (Å²) >= 11 is 0. The summed E-state index contributed by atoms with van der Waals surface area (Å²) in [4.78, 5) is 38.2. The van der Waals surface area contributed by atoms with E-state index in [1.54, 1.807) is 36.2 Å². The Morgan fingerprint density at radius 3 is 2.09 bits per heavy atom. The summed E-state index contributed by atoms with van der Waals surface area (Å²) in [6, 6.07) is 25.8. The third-order valence-electron chi connectivity index (χ3n) is 4.92. The molecule has 1 N–H and O–H groups in total. The van der Waals surface area contributed by atoms with Gasteiger partial charge in [0.2, 0.25) is 5.91 Å². The highest BCUT2D eigenvalue weighted by Crippen LogP contribution is 2.17. The predicted octanol–water partition coefficient (Wildman–Crippen LogP) is 4.47. The number of carbonyl (C=O) groups is 3. The second-order valence-corrected chi connectivity index (χ2v) is 7.28. The van der Waals surface area contributed by atoms with Crippen molar-refractivity contribution in [2.75, 3.05) is 23.9 Å². The maximum Gasteiger partial charge on any atom is 0.306 e. The highest BCUT2D eigenvalue weighted by atomic mass is 16.5. The fourth-order valence-electron chi connectivity index (χ4n) is 3.10. The van der Waals surface area contributed by atoms with E-state index in [4.69, 9.17) is 4.74 Å². The molecule has 0 aliphatic rings. The monoisotopic (exact) mass is 430 g/mol. The predicted molar refractivity (Wildman–Crippen MR) is 125 cm³/mol. The minimum Gasteiger partial charge on any atom is -0.465 e. The standard InChI is InChI=1S/C26H26N2O4/c1-28(23-10-6-3-7-11-23)26(31)21-12-14-22(15-13-21)27-24(29)16-17-25(30)32-19-18-20-8-4-2-5-9-20/h2-15H,16-19H2,1H3,(H,27,29). The van der Waals surface area contributed by atoms with Crippen LogP contribution in [0.15, 0.2) is 84.9 Å². The SMILES string of the molecule is CN(C(=O)c1ccc(NC(=O)CCC(=O)OCCc2ccccc2)cc1)c1ccccc1. The van der Waals surface area contributed by atoms with Crippen molar-refractivity contribution in [3.8, 4) is 0 Å². The third-order valence-corrected chi connectivity index (χ3v) is 4.92. The largest absolute Gasteiger partial charge is 0.465 e. The first-order valence-electron chi connectivity index (χ1n) is 10.5. The number of nitrogens with one attached hydrogen (secondary N) is 1. The number of hydrogen-bond donors (Lipinski definition) is 1. The van der Waals surface area contributed by atoms with Crippen LogP contribution in [0.3, 0.4) is 0 Å². The smallest absolute Gasteiger partial charge is 0.306 e. The summed E-state index contributed by atoms with van der Waals surface area (Å²) in [7, 11) is 1.71. The number of rotatable bonds is 9. The zero-order valence-corrected chi connectivity index (χ0v) is 18.0. The molecule has 0 radical (unpaired) electrons. The molecular weight excluding hydrogens is 404 g/mol. The Morgan fingerprint density at radius 1 is 0.812 bits per heavy atom. The van der Waals surface area contributed by atoms with Crippen molar-refractivity contribution in [2.45, 2.75) is 19.3 Å². The van der Waals surface area contributed by atoms with Crippen molar-refractivity contribution in [2.24, 2.45) is 0 Å². The second kappa shape index (κ2) is 11.5. The fraction of sp³-hybridized carbons (Fsp3) is 0.192. The van der Waals surface area contributed by atoms with Crippen LogP contribution in [0, 0.1) is 0 Å². The maximum absolute atomic E-state index is 12.6. The Balaban J connectivity index is 1.41. The Morgan fingerprint density at radius 2 is 1.44 bits per heavy atom. The van der Waals surface area contributed by atoms with Crippen LogP contribution in [-0.4, -0.2) is 31.4 Å². The number of amides is 2. The molecule has 0 aliphatic heterocycles. The lowest BCUT2D eigenvalue weighted by Crippen LogP contribution is -2.26. The average molecular weight is 431 g/mol. The Bertz CT molecular complexity index is 1030. The van der Waals surface area contributed by atoms with Crippen LogP contribution in [0.1, 0.15) is 28.8 Å². The fourth-order valence-corrected chi connectivity index (χ4v) is 3.10. The Hall–Kier alpha value is -3.93. The van der Waals surface area contributed by atoms with Crippen LogP contribution in [0.25, 0.3) is 0 Å². The van der Waals surface area contributed by atoms with E-state index in [0.29, 0.717) is 17.7 Å². The van der Waals surface area contributed by atoms with Crippen LogP contribution in [0.5, 0.6) is 0 Å². The van der Waals surface area contributed by atoms with Crippen molar-refractivity contribution in [3.63, 3.8) is 0 Å². The van der Waals surface area contributed by atoms with Gasteiger partial charge in [-0.2, -0.15) is 0 Å². The molecule has 0 atom stereocenters. The third kappa shape index (κ3) is 6.80. The number of anilines is 2. The van der Waals surface area contributed by atoms with Gasteiger partial charge in [0.25, 0.3) is 5.91 Å². The van der Waals surface area contributed by atoms with E-state index in [1.165, 1.54) is 0 Å². The van der Waals surface area contributed by atoms with Gasteiger partial charge in [-0.05, 0) is 42.0 Å². The van der Waals surface area contributed by atoms with Crippen LogP contribution < -0.4 is 10.2 Å². The summed E-state index contributed by atoms with van der Waals surface area (Å²) in [5, 5.41) is 2.73. The zero-order chi connectivity index (χ0) is 22.8. The number of para-hydroxylation sites is 1. The minimum atomic E-state index is -0.402. The van der Waals surface area contributed by atoms with Gasteiger partial charge in [0, 0.05) is 36.8 Å². The Labute approximate surface area is 187 Å². The van der Waals surface area contributed by atoms with Gasteiger partial charge in [0.15, 0.2) is 0 Å². The number of ether oxygens (including phenoxy) is 1. The van der Waals surface area contributed by atoms with Gasteiger partial charge in [0.05, 0.1) is 13.0 Å².